The van der Waals surface area contributed by atoms with E-state index in [9.17, 15) is 5.11 Å². The molecule has 0 bridgehead atoms. The summed E-state index contributed by atoms with van der Waals surface area (Å²) in [6.45, 7) is 2.03. The van der Waals surface area contributed by atoms with E-state index < -0.39 is 0 Å². The zero-order valence-electron chi connectivity index (χ0n) is 10.7. The summed E-state index contributed by atoms with van der Waals surface area (Å²) in [6, 6.07) is 4.30. The standard InChI is InChI=1S/C14H18ClNO3/c15-12-4-9(8-16-10-6-11(17)7-10)5-13-14(12)19-3-1-2-18-13/h4-5,10-11,16-17H,1-3,6-8H2. The van der Waals surface area contributed by atoms with Crippen LogP contribution in [0.3, 0.4) is 0 Å². The molecule has 0 atom stereocenters. The lowest BCUT2D eigenvalue weighted by atomic mass is 9.89. The highest BCUT2D eigenvalue weighted by atomic mass is 35.5. The highest BCUT2D eigenvalue weighted by molar-refractivity contribution is 6.32. The molecular formula is C14H18ClNO3. The molecule has 1 aliphatic carbocycles. The van der Waals surface area contributed by atoms with Gasteiger partial charge in [0.05, 0.1) is 24.3 Å². The van der Waals surface area contributed by atoms with E-state index in [4.69, 9.17) is 21.1 Å². The van der Waals surface area contributed by atoms with Gasteiger partial charge in [-0.3, -0.25) is 0 Å². The van der Waals surface area contributed by atoms with Gasteiger partial charge in [0.15, 0.2) is 11.5 Å². The number of hydrogen-bond donors (Lipinski definition) is 2. The molecule has 4 nitrogen and oxygen atoms in total. The van der Waals surface area contributed by atoms with Crippen molar-refractivity contribution in [2.75, 3.05) is 13.2 Å². The van der Waals surface area contributed by atoms with Crippen molar-refractivity contribution >= 4 is 11.6 Å². The lowest BCUT2D eigenvalue weighted by Crippen LogP contribution is -2.43. The SMILES string of the molecule is OC1CC(NCc2cc(Cl)c3c(c2)OCCCO3)C1. The smallest absolute Gasteiger partial charge is 0.179 e. The minimum absolute atomic E-state index is 0.134. The van der Waals surface area contributed by atoms with Gasteiger partial charge in [-0.25, -0.2) is 0 Å². The van der Waals surface area contributed by atoms with E-state index >= 15 is 0 Å². The Labute approximate surface area is 117 Å². The van der Waals surface area contributed by atoms with Crippen LogP contribution in [0.25, 0.3) is 0 Å². The lowest BCUT2D eigenvalue weighted by Gasteiger charge is -2.32. The molecule has 0 radical (unpaired) electrons. The third kappa shape index (κ3) is 2.96. The van der Waals surface area contributed by atoms with Gasteiger partial charge in [0.25, 0.3) is 0 Å². The van der Waals surface area contributed by atoms with Crippen molar-refractivity contribution in [3.05, 3.63) is 22.7 Å². The third-order valence-electron chi connectivity index (χ3n) is 3.57. The van der Waals surface area contributed by atoms with E-state index in [0.29, 0.717) is 30.0 Å². The van der Waals surface area contributed by atoms with E-state index in [1.807, 2.05) is 12.1 Å². The lowest BCUT2D eigenvalue weighted by molar-refractivity contribution is 0.0619. The van der Waals surface area contributed by atoms with Gasteiger partial charge in [0.2, 0.25) is 0 Å². The van der Waals surface area contributed by atoms with Crippen LogP contribution in [0.2, 0.25) is 5.02 Å². The number of fused-ring (bicyclic) bond motifs is 1. The molecule has 0 aromatic heterocycles. The first-order chi connectivity index (χ1) is 9.22. The number of aliphatic hydroxyl groups is 1. The molecule has 104 valence electrons. The molecule has 1 aromatic rings. The summed E-state index contributed by atoms with van der Waals surface area (Å²) in [5.41, 5.74) is 1.08. The van der Waals surface area contributed by atoms with E-state index in [2.05, 4.69) is 5.32 Å². The van der Waals surface area contributed by atoms with Crippen molar-refractivity contribution in [3.63, 3.8) is 0 Å². The predicted molar refractivity (Wildman–Crippen MR) is 72.9 cm³/mol. The van der Waals surface area contributed by atoms with E-state index in [1.165, 1.54) is 0 Å². The Morgan fingerprint density at radius 2 is 2.05 bits per heavy atom. The number of ether oxygens (including phenoxy) is 2. The minimum atomic E-state index is -0.134. The number of benzene rings is 1. The molecule has 5 heteroatoms. The maximum atomic E-state index is 9.25. The molecule has 1 heterocycles. The van der Waals surface area contributed by atoms with Crippen molar-refractivity contribution in [1.29, 1.82) is 0 Å². The van der Waals surface area contributed by atoms with Gasteiger partial charge in [-0.05, 0) is 30.5 Å². The van der Waals surface area contributed by atoms with Gasteiger partial charge in [0.1, 0.15) is 0 Å². The van der Waals surface area contributed by atoms with Crippen LogP contribution in [-0.2, 0) is 6.54 Å². The fraction of sp³-hybridized carbons (Fsp3) is 0.571. The topological polar surface area (TPSA) is 50.7 Å². The highest BCUT2D eigenvalue weighted by Gasteiger charge is 2.26. The van der Waals surface area contributed by atoms with Crippen molar-refractivity contribution in [2.24, 2.45) is 0 Å². The Morgan fingerprint density at radius 3 is 2.84 bits per heavy atom. The van der Waals surface area contributed by atoms with Crippen LogP contribution < -0.4 is 14.8 Å². The quantitative estimate of drug-likeness (QED) is 0.892. The Balaban J connectivity index is 1.68. The molecule has 3 rings (SSSR count). The molecule has 0 amide bonds. The van der Waals surface area contributed by atoms with Crippen LogP contribution in [0.5, 0.6) is 11.5 Å². The number of hydrogen-bond acceptors (Lipinski definition) is 4. The van der Waals surface area contributed by atoms with Crippen molar-refractivity contribution in [3.8, 4) is 11.5 Å². The zero-order valence-corrected chi connectivity index (χ0v) is 11.4. The summed E-state index contributed by atoms with van der Waals surface area (Å²) in [4.78, 5) is 0. The van der Waals surface area contributed by atoms with Crippen molar-refractivity contribution < 1.29 is 14.6 Å². The maximum absolute atomic E-state index is 9.25. The van der Waals surface area contributed by atoms with Crippen LogP contribution in [0.1, 0.15) is 24.8 Å². The molecule has 19 heavy (non-hydrogen) atoms. The van der Waals surface area contributed by atoms with Crippen LogP contribution in [0.4, 0.5) is 0 Å². The molecule has 2 N–H and O–H groups in total. The fourth-order valence-corrected chi connectivity index (χ4v) is 2.69. The molecular weight excluding hydrogens is 266 g/mol. The highest BCUT2D eigenvalue weighted by Crippen LogP contribution is 2.38. The summed E-state index contributed by atoms with van der Waals surface area (Å²) < 4.78 is 11.3. The molecule has 1 aromatic carbocycles. The Bertz CT molecular complexity index is 460. The molecule has 1 saturated carbocycles. The first-order valence-corrected chi connectivity index (χ1v) is 7.09. The third-order valence-corrected chi connectivity index (χ3v) is 3.85. The first kappa shape index (κ1) is 13.0. The second kappa shape index (κ2) is 5.57. The Kier molecular flexibility index (Phi) is 3.82. The van der Waals surface area contributed by atoms with E-state index in [-0.39, 0.29) is 6.10 Å². The van der Waals surface area contributed by atoms with Gasteiger partial charge in [0, 0.05) is 19.0 Å². The molecule has 1 fully saturated rings. The Hall–Kier alpha value is -0.970. The summed E-state index contributed by atoms with van der Waals surface area (Å²) in [6.07, 6.45) is 2.40. The average molecular weight is 284 g/mol. The zero-order chi connectivity index (χ0) is 13.2. The summed E-state index contributed by atoms with van der Waals surface area (Å²) in [7, 11) is 0. The second-order valence-corrected chi connectivity index (χ2v) is 5.57. The number of halogens is 1. The number of nitrogens with one attached hydrogen (secondary N) is 1. The largest absolute Gasteiger partial charge is 0.489 e. The van der Waals surface area contributed by atoms with Crippen LogP contribution in [-0.4, -0.2) is 30.5 Å². The number of rotatable bonds is 3. The average Bonchev–Trinajstić information content (AvgIpc) is 2.59. The molecule has 2 aliphatic rings. The van der Waals surface area contributed by atoms with E-state index in [1.54, 1.807) is 0 Å². The maximum Gasteiger partial charge on any atom is 0.179 e. The first-order valence-electron chi connectivity index (χ1n) is 6.72. The fourth-order valence-electron chi connectivity index (χ4n) is 2.40. The normalized spacial score (nSPS) is 25.6. The summed E-state index contributed by atoms with van der Waals surface area (Å²) in [5, 5.41) is 13.3. The van der Waals surface area contributed by atoms with Gasteiger partial charge >= 0.3 is 0 Å². The Morgan fingerprint density at radius 1 is 1.26 bits per heavy atom. The van der Waals surface area contributed by atoms with Crippen molar-refractivity contribution in [2.45, 2.75) is 38.0 Å². The van der Waals surface area contributed by atoms with Crippen molar-refractivity contribution in [1.82, 2.24) is 5.32 Å². The van der Waals surface area contributed by atoms with Crippen LogP contribution in [0, 0.1) is 0 Å². The van der Waals surface area contributed by atoms with Crippen LogP contribution >= 0.6 is 11.6 Å². The molecule has 0 unspecified atom stereocenters. The van der Waals surface area contributed by atoms with Crippen LogP contribution in [0.15, 0.2) is 12.1 Å². The van der Waals surface area contributed by atoms with Gasteiger partial charge in [-0.1, -0.05) is 11.6 Å². The predicted octanol–water partition coefficient (Wildman–Crippen LogP) is 2.11. The van der Waals surface area contributed by atoms with Gasteiger partial charge < -0.3 is 19.9 Å². The molecule has 0 saturated heterocycles. The van der Waals surface area contributed by atoms with E-state index in [0.717, 1.165) is 37.1 Å². The second-order valence-electron chi connectivity index (χ2n) is 5.16. The monoisotopic (exact) mass is 283 g/mol. The molecule has 0 spiro atoms. The minimum Gasteiger partial charge on any atom is -0.489 e. The van der Waals surface area contributed by atoms with Gasteiger partial charge in [-0.15, -0.1) is 0 Å². The summed E-state index contributed by atoms with van der Waals surface area (Å²) >= 11 is 6.23. The number of aliphatic hydroxyl groups excluding tert-OH is 1. The summed E-state index contributed by atoms with van der Waals surface area (Å²) in [5.74, 6) is 1.39. The van der Waals surface area contributed by atoms with Gasteiger partial charge in [-0.2, -0.15) is 0 Å². The molecule has 1 aliphatic heterocycles.